The summed E-state index contributed by atoms with van der Waals surface area (Å²) in [5.41, 5.74) is 0. The normalized spacial score (nSPS) is 30.2. The molecule has 0 aromatic heterocycles. The summed E-state index contributed by atoms with van der Waals surface area (Å²) in [6, 6.07) is 0.579. The molecular weight excluding hydrogens is 226 g/mol. The number of hydrogen-bond acceptors (Lipinski definition) is 3. The summed E-state index contributed by atoms with van der Waals surface area (Å²) in [5.74, 6) is 1.46. The van der Waals surface area contributed by atoms with Crippen molar-refractivity contribution in [3.63, 3.8) is 0 Å². The summed E-state index contributed by atoms with van der Waals surface area (Å²) >= 11 is 0. The second-order valence-corrected chi connectivity index (χ2v) is 6.18. The van der Waals surface area contributed by atoms with E-state index in [1.807, 2.05) is 0 Å². The molecule has 3 atom stereocenters. The van der Waals surface area contributed by atoms with Crippen LogP contribution >= 0.6 is 0 Å². The number of likely N-dealkylation sites (tertiary alicyclic amines) is 1. The third-order valence-electron chi connectivity index (χ3n) is 4.28. The standard InChI is InChI=1S/C14H27N3O/c1-10(2)7-16-14(18)11(3)17-6-4-5-12-8-15-9-13(12)17/h10-13,15H,4-9H2,1-3H3,(H,16,18). The maximum atomic E-state index is 12.2. The van der Waals surface area contributed by atoms with E-state index in [9.17, 15) is 4.79 Å². The zero-order valence-corrected chi connectivity index (χ0v) is 11.9. The summed E-state index contributed by atoms with van der Waals surface area (Å²) in [4.78, 5) is 14.6. The van der Waals surface area contributed by atoms with Gasteiger partial charge in [-0.05, 0) is 44.7 Å². The van der Waals surface area contributed by atoms with Crippen LogP contribution in [0.5, 0.6) is 0 Å². The Labute approximate surface area is 110 Å². The van der Waals surface area contributed by atoms with E-state index in [-0.39, 0.29) is 11.9 Å². The second-order valence-electron chi connectivity index (χ2n) is 6.18. The fourth-order valence-electron chi connectivity index (χ4n) is 3.19. The maximum absolute atomic E-state index is 12.2. The van der Waals surface area contributed by atoms with Crippen LogP contribution in [-0.2, 0) is 4.79 Å². The SMILES string of the molecule is CC(C)CNC(=O)C(C)N1CCCC2CNCC21. The molecule has 2 fully saturated rings. The Morgan fingerprint density at radius 3 is 2.89 bits per heavy atom. The highest BCUT2D eigenvalue weighted by atomic mass is 16.2. The monoisotopic (exact) mass is 253 g/mol. The molecule has 2 aliphatic rings. The number of carbonyl (C=O) groups excluding carboxylic acids is 1. The second kappa shape index (κ2) is 6.02. The highest BCUT2D eigenvalue weighted by Gasteiger charge is 2.38. The minimum absolute atomic E-state index is 0.0106. The van der Waals surface area contributed by atoms with Crippen molar-refractivity contribution in [3.8, 4) is 0 Å². The van der Waals surface area contributed by atoms with Gasteiger partial charge in [-0.1, -0.05) is 13.8 Å². The van der Waals surface area contributed by atoms with Crippen molar-refractivity contribution >= 4 is 5.91 Å². The number of rotatable bonds is 4. The van der Waals surface area contributed by atoms with Gasteiger partial charge in [0, 0.05) is 19.1 Å². The first-order valence-corrected chi connectivity index (χ1v) is 7.33. The molecule has 3 unspecified atom stereocenters. The predicted molar refractivity (Wildman–Crippen MR) is 73.4 cm³/mol. The molecule has 0 spiro atoms. The molecule has 4 heteroatoms. The number of fused-ring (bicyclic) bond motifs is 1. The van der Waals surface area contributed by atoms with Crippen LogP contribution in [-0.4, -0.2) is 49.1 Å². The van der Waals surface area contributed by atoms with Crippen LogP contribution in [0.1, 0.15) is 33.6 Å². The van der Waals surface area contributed by atoms with E-state index in [0.29, 0.717) is 12.0 Å². The number of nitrogens with zero attached hydrogens (tertiary/aromatic N) is 1. The Kier molecular flexibility index (Phi) is 4.62. The van der Waals surface area contributed by atoms with E-state index in [4.69, 9.17) is 0 Å². The Morgan fingerprint density at radius 2 is 2.17 bits per heavy atom. The van der Waals surface area contributed by atoms with E-state index in [1.54, 1.807) is 0 Å². The summed E-state index contributed by atoms with van der Waals surface area (Å²) in [6.07, 6.45) is 2.54. The maximum Gasteiger partial charge on any atom is 0.237 e. The lowest BCUT2D eigenvalue weighted by atomic mass is 9.91. The minimum Gasteiger partial charge on any atom is -0.354 e. The van der Waals surface area contributed by atoms with E-state index >= 15 is 0 Å². The highest BCUT2D eigenvalue weighted by Crippen LogP contribution is 2.27. The molecule has 0 aliphatic carbocycles. The summed E-state index contributed by atoms with van der Waals surface area (Å²) in [5, 5.41) is 6.52. The molecule has 2 rings (SSSR count). The van der Waals surface area contributed by atoms with E-state index in [2.05, 4.69) is 36.3 Å². The van der Waals surface area contributed by atoms with Crippen molar-refractivity contribution in [1.82, 2.24) is 15.5 Å². The van der Waals surface area contributed by atoms with Crippen LogP contribution in [0.3, 0.4) is 0 Å². The average Bonchev–Trinajstić information content (AvgIpc) is 2.82. The van der Waals surface area contributed by atoms with Crippen LogP contribution in [0.2, 0.25) is 0 Å². The molecule has 4 nitrogen and oxygen atoms in total. The van der Waals surface area contributed by atoms with Crippen molar-refractivity contribution in [2.75, 3.05) is 26.2 Å². The van der Waals surface area contributed by atoms with Gasteiger partial charge < -0.3 is 10.6 Å². The van der Waals surface area contributed by atoms with Gasteiger partial charge in [-0.3, -0.25) is 9.69 Å². The van der Waals surface area contributed by atoms with Crippen LogP contribution in [0.15, 0.2) is 0 Å². The molecule has 0 bridgehead atoms. The average molecular weight is 253 g/mol. The fraction of sp³-hybridized carbons (Fsp3) is 0.929. The van der Waals surface area contributed by atoms with Gasteiger partial charge in [-0.15, -0.1) is 0 Å². The van der Waals surface area contributed by atoms with Crippen molar-refractivity contribution in [2.24, 2.45) is 11.8 Å². The molecule has 0 saturated carbocycles. The predicted octanol–water partition coefficient (Wildman–Crippen LogP) is 0.831. The molecule has 0 radical (unpaired) electrons. The molecule has 1 amide bonds. The number of hydrogen-bond donors (Lipinski definition) is 2. The molecule has 2 aliphatic heterocycles. The first kappa shape index (κ1) is 13.8. The molecule has 2 saturated heterocycles. The Bertz CT molecular complexity index is 293. The molecule has 2 heterocycles. The topological polar surface area (TPSA) is 44.4 Å². The Morgan fingerprint density at radius 1 is 1.39 bits per heavy atom. The van der Waals surface area contributed by atoms with Crippen LogP contribution in [0.4, 0.5) is 0 Å². The third-order valence-corrected chi connectivity index (χ3v) is 4.28. The molecule has 0 aromatic carbocycles. The fourth-order valence-corrected chi connectivity index (χ4v) is 3.19. The zero-order chi connectivity index (χ0) is 13.1. The third kappa shape index (κ3) is 3.04. The first-order chi connectivity index (χ1) is 8.59. The summed E-state index contributed by atoms with van der Waals surface area (Å²) in [6.45, 7) is 10.3. The lowest BCUT2D eigenvalue weighted by Gasteiger charge is -2.40. The molecule has 0 aromatic rings. The molecular formula is C14H27N3O. The molecule has 2 N–H and O–H groups in total. The van der Waals surface area contributed by atoms with Gasteiger partial charge in [0.2, 0.25) is 5.91 Å². The van der Waals surface area contributed by atoms with Crippen LogP contribution in [0.25, 0.3) is 0 Å². The van der Waals surface area contributed by atoms with Gasteiger partial charge in [-0.25, -0.2) is 0 Å². The van der Waals surface area contributed by atoms with Crippen molar-refractivity contribution in [2.45, 2.75) is 45.7 Å². The van der Waals surface area contributed by atoms with Crippen LogP contribution < -0.4 is 10.6 Å². The lowest BCUT2D eigenvalue weighted by molar-refractivity contribution is -0.127. The Balaban J connectivity index is 1.90. The molecule has 104 valence electrons. The lowest BCUT2D eigenvalue weighted by Crippen LogP contribution is -2.54. The van der Waals surface area contributed by atoms with Crippen molar-refractivity contribution in [3.05, 3.63) is 0 Å². The van der Waals surface area contributed by atoms with E-state index in [0.717, 1.165) is 32.1 Å². The van der Waals surface area contributed by atoms with Gasteiger partial charge >= 0.3 is 0 Å². The van der Waals surface area contributed by atoms with Gasteiger partial charge in [-0.2, -0.15) is 0 Å². The van der Waals surface area contributed by atoms with E-state index < -0.39 is 0 Å². The number of piperidine rings is 1. The summed E-state index contributed by atoms with van der Waals surface area (Å²) in [7, 11) is 0. The molecule has 18 heavy (non-hydrogen) atoms. The quantitative estimate of drug-likeness (QED) is 0.780. The number of carbonyl (C=O) groups is 1. The largest absolute Gasteiger partial charge is 0.354 e. The van der Waals surface area contributed by atoms with E-state index in [1.165, 1.54) is 12.8 Å². The van der Waals surface area contributed by atoms with Crippen molar-refractivity contribution in [1.29, 1.82) is 0 Å². The Hall–Kier alpha value is -0.610. The highest BCUT2D eigenvalue weighted by molar-refractivity contribution is 5.81. The first-order valence-electron chi connectivity index (χ1n) is 7.33. The smallest absolute Gasteiger partial charge is 0.237 e. The number of amides is 1. The zero-order valence-electron chi connectivity index (χ0n) is 11.9. The van der Waals surface area contributed by atoms with Crippen molar-refractivity contribution < 1.29 is 4.79 Å². The van der Waals surface area contributed by atoms with Crippen LogP contribution in [0, 0.1) is 11.8 Å². The van der Waals surface area contributed by atoms with Gasteiger partial charge in [0.1, 0.15) is 0 Å². The van der Waals surface area contributed by atoms with Gasteiger partial charge in [0.15, 0.2) is 0 Å². The van der Waals surface area contributed by atoms with Gasteiger partial charge in [0.25, 0.3) is 0 Å². The number of nitrogens with one attached hydrogen (secondary N) is 2. The summed E-state index contributed by atoms with van der Waals surface area (Å²) < 4.78 is 0. The van der Waals surface area contributed by atoms with Gasteiger partial charge in [0.05, 0.1) is 6.04 Å². The minimum atomic E-state index is 0.0106.